The molecule has 0 unspecified atom stereocenters. The van der Waals surface area contributed by atoms with E-state index in [0.29, 0.717) is 13.0 Å². The predicted octanol–water partition coefficient (Wildman–Crippen LogP) is 3.85. The van der Waals surface area contributed by atoms with Gasteiger partial charge in [0.1, 0.15) is 8.42 Å². The molecule has 0 aliphatic carbocycles. The zero-order chi connectivity index (χ0) is 25.1. The number of esters is 1. The summed E-state index contributed by atoms with van der Waals surface area (Å²) < 4.78 is 51.8. The smallest absolute Gasteiger partial charge is 0.302 e. The van der Waals surface area contributed by atoms with Gasteiger partial charge < -0.3 is 4.74 Å². The van der Waals surface area contributed by atoms with Gasteiger partial charge in [-0.2, -0.15) is 0 Å². The third kappa shape index (κ3) is 6.72. The predicted molar refractivity (Wildman–Crippen MR) is 137 cm³/mol. The monoisotopic (exact) mass is 538 g/mol. The number of fused-ring (bicyclic) bond motifs is 2. The van der Waals surface area contributed by atoms with Crippen molar-refractivity contribution in [2.24, 2.45) is 10.3 Å². The van der Waals surface area contributed by atoms with Crippen LogP contribution in [0.2, 0.25) is 0 Å². The molecule has 0 aliphatic rings. The molecule has 0 aliphatic heterocycles. The van der Waals surface area contributed by atoms with Gasteiger partial charge >= 0.3 is 5.97 Å². The van der Waals surface area contributed by atoms with Crippen LogP contribution in [0.3, 0.4) is 0 Å². The van der Waals surface area contributed by atoms with Gasteiger partial charge in [-0.15, -0.1) is 22.7 Å². The molecular formula is C22H22N2O6S4. The SMILES string of the molecule is C=Cc1ccc2sc(S(N)(=O)=O)cc2c1.CC(=O)OCCc1ccc2sc(S(N)(=O)=O)cc2c1. The number of rotatable bonds is 6. The Bertz CT molecular complexity index is 1580. The minimum Gasteiger partial charge on any atom is -0.466 e. The van der Waals surface area contributed by atoms with E-state index >= 15 is 0 Å². The van der Waals surface area contributed by atoms with Crippen molar-refractivity contribution in [3.05, 3.63) is 66.2 Å². The van der Waals surface area contributed by atoms with E-state index in [1.807, 2.05) is 36.4 Å². The van der Waals surface area contributed by atoms with Crippen LogP contribution in [0, 0.1) is 0 Å². The van der Waals surface area contributed by atoms with Crippen LogP contribution in [0.1, 0.15) is 18.1 Å². The maximum atomic E-state index is 11.3. The van der Waals surface area contributed by atoms with E-state index < -0.39 is 20.0 Å². The van der Waals surface area contributed by atoms with Gasteiger partial charge in [0.15, 0.2) is 0 Å². The summed E-state index contributed by atoms with van der Waals surface area (Å²) >= 11 is 2.32. The third-order valence-electron chi connectivity index (χ3n) is 4.57. The van der Waals surface area contributed by atoms with Crippen LogP contribution in [0.4, 0.5) is 0 Å². The summed E-state index contributed by atoms with van der Waals surface area (Å²) in [5.74, 6) is -0.312. The van der Waals surface area contributed by atoms with Crippen molar-refractivity contribution in [1.29, 1.82) is 0 Å². The summed E-state index contributed by atoms with van der Waals surface area (Å²) in [6, 6.07) is 14.4. The van der Waals surface area contributed by atoms with Crippen molar-refractivity contribution >= 4 is 74.9 Å². The highest BCUT2D eigenvalue weighted by molar-refractivity contribution is 7.91. The van der Waals surface area contributed by atoms with E-state index in [0.717, 1.165) is 42.6 Å². The normalized spacial score (nSPS) is 11.7. The summed E-state index contributed by atoms with van der Waals surface area (Å²) in [4.78, 5) is 10.7. The van der Waals surface area contributed by atoms with Gasteiger partial charge in [0.05, 0.1) is 6.61 Å². The second-order valence-electron chi connectivity index (χ2n) is 7.18. The summed E-state index contributed by atoms with van der Waals surface area (Å²) in [6.07, 6.45) is 2.31. The van der Waals surface area contributed by atoms with Crippen molar-refractivity contribution in [1.82, 2.24) is 0 Å². The van der Waals surface area contributed by atoms with Crippen LogP contribution in [0.25, 0.3) is 26.2 Å². The Morgan fingerprint density at radius 2 is 1.44 bits per heavy atom. The Labute approximate surface area is 205 Å². The van der Waals surface area contributed by atoms with Gasteiger partial charge in [0.25, 0.3) is 0 Å². The largest absolute Gasteiger partial charge is 0.466 e. The topological polar surface area (TPSA) is 147 Å². The van der Waals surface area contributed by atoms with Crippen molar-refractivity contribution in [3.8, 4) is 0 Å². The standard InChI is InChI=1S/C12H13NO4S2.C10H9NO2S2/c1-8(14)17-5-4-9-2-3-11-10(6-9)7-12(18-11)19(13,15)16;1-2-7-3-4-9-8(5-7)6-10(14-9)15(11,12)13/h2-3,6-7H,4-5H2,1H3,(H2,13,15,16);2-6H,1H2,(H2,11,12,13). The molecule has 0 saturated carbocycles. The van der Waals surface area contributed by atoms with E-state index in [4.69, 9.17) is 15.0 Å². The lowest BCUT2D eigenvalue weighted by molar-refractivity contribution is -0.140. The number of thiophene rings is 2. The highest BCUT2D eigenvalue weighted by Gasteiger charge is 2.13. The fourth-order valence-electron chi connectivity index (χ4n) is 2.98. The Morgan fingerprint density at radius 3 is 1.94 bits per heavy atom. The summed E-state index contributed by atoms with van der Waals surface area (Å²) in [7, 11) is -7.25. The first-order valence-electron chi connectivity index (χ1n) is 9.74. The van der Waals surface area contributed by atoms with E-state index in [2.05, 4.69) is 6.58 Å². The maximum absolute atomic E-state index is 11.3. The van der Waals surface area contributed by atoms with Gasteiger partial charge in [-0.25, -0.2) is 27.1 Å². The number of hydrogen-bond acceptors (Lipinski definition) is 8. The zero-order valence-corrected chi connectivity index (χ0v) is 21.3. The van der Waals surface area contributed by atoms with Gasteiger partial charge in [0, 0.05) is 22.7 Å². The third-order valence-corrected chi connectivity index (χ3v) is 9.64. The maximum Gasteiger partial charge on any atom is 0.302 e. The van der Waals surface area contributed by atoms with Gasteiger partial charge in [-0.3, -0.25) is 4.79 Å². The molecular weight excluding hydrogens is 517 g/mol. The molecule has 4 aromatic rings. The van der Waals surface area contributed by atoms with E-state index in [1.54, 1.807) is 18.2 Å². The van der Waals surface area contributed by atoms with Crippen LogP contribution in [-0.4, -0.2) is 29.4 Å². The lowest BCUT2D eigenvalue weighted by Crippen LogP contribution is -2.09. The number of sulfonamides is 2. The van der Waals surface area contributed by atoms with Crippen molar-refractivity contribution in [2.75, 3.05) is 6.61 Å². The molecule has 0 bridgehead atoms. The van der Waals surface area contributed by atoms with E-state index in [-0.39, 0.29) is 14.4 Å². The molecule has 0 amide bonds. The molecule has 0 atom stereocenters. The first-order valence-corrected chi connectivity index (χ1v) is 14.5. The molecule has 2 aromatic heterocycles. The number of primary sulfonamides is 2. The molecule has 34 heavy (non-hydrogen) atoms. The average molecular weight is 539 g/mol. The molecule has 2 heterocycles. The molecule has 4 rings (SSSR count). The number of carbonyl (C=O) groups is 1. The van der Waals surface area contributed by atoms with Gasteiger partial charge in [0.2, 0.25) is 20.0 Å². The number of benzene rings is 2. The fourth-order valence-corrected chi connectivity index (χ4v) is 6.58. The molecule has 8 nitrogen and oxygen atoms in total. The molecule has 0 radical (unpaired) electrons. The number of nitrogens with two attached hydrogens (primary N) is 2. The van der Waals surface area contributed by atoms with Gasteiger partial charge in [-0.1, -0.05) is 30.9 Å². The Hall–Kier alpha value is -2.61. The van der Waals surface area contributed by atoms with Crippen molar-refractivity contribution in [2.45, 2.75) is 21.8 Å². The fraction of sp³-hybridized carbons (Fsp3) is 0.136. The zero-order valence-electron chi connectivity index (χ0n) is 18.1. The highest BCUT2D eigenvalue weighted by atomic mass is 32.3. The first-order chi connectivity index (χ1) is 15.9. The number of ether oxygens (including phenoxy) is 1. The molecule has 0 saturated heterocycles. The van der Waals surface area contributed by atoms with Crippen LogP contribution in [0.5, 0.6) is 0 Å². The minimum atomic E-state index is -3.66. The summed E-state index contributed by atoms with van der Waals surface area (Å²) in [5, 5.41) is 11.9. The lowest BCUT2D eigenvalue weighted by atomic mass is 10.1. The molecule has 0 spiro atoms. The molecule has 4 N–H and O–H groups in total. The Balaban J connectivity index is 0.000000196. The average Bonchev–Trinajstić information content (AvgIpc) is 3.37. The van der Waals surface area contributed by atoms with E-state index in [1.165, 1.54) is 18.3 Å². The van der Waals surface area contributed by atoms with Crippen molar-refractivity contribution in [3.63, 3.8) is 0 Å². The highest BCUT2D eigenvalue weighted by Crippen LogP contribution is 2.30. The summed E-state index contributed by atoms with van der Waals surface area (Å²) in [5.41, 5.74) is 1.94. The Kier molecular flexibility index (Phi) is 7.91. The minimum absolute atomic E-state index is 0.152. The molecule has 0 fully saturated rings. The quantitative estimate of drug-likeness (QED) is 0.357. The number of hydrogen-bond donors (Lipinski definition) is 2. The lowest BCUT2D eigenvalue weighted by Gasteiger charge is -2.02. The van der Waals surface area contributed by atoms with Crippen LogP contribution >= 0.6 is 22.7 Å². The van der Waals surface area contributed by atoms with E-state index in [9.17, 15) is 21.6 Å². The van der Waals surface area contributed by atoms with Gasteiger partial charge in [-0.05, 0) is 52.2 Å². The van der Waals surface area contributed by atoms with Crippen LogP contribution in [0.15, 0.2) is 63.5 Å². The Morgan fingerprint density at radius 1 is 0.912 bits per heavy atom. The number of carbonyl (C=O) groups excluding carboxylic acids is 1. The second kappa shape index (κ2) is 10.3. The molecule has 180 valence electrons. The molecule has 2 aromatic carbocycles. The van der Waals surface area contributed by atoms with Crippen molar-refractivity contribution < 1.29 is 26.4 Å². The second-order valence-corrected chi connectivity index (χ2v) is 12.9. The summed E-state index contributed by atoms with van der Waals surface area (Å²) in [6.45, 7) is 5.33. The van der Waals surface area contributed by atoms with Crippen LogP contribution in [-0.2, 0) is 36.0 Å². The van der Waals surface area contributed by atoms with Crippen LogP contribution < -0.4 is 10.3 Å². The molecule has 12 heteroatoms. The first kappa shape index (κ1) is 26.0.